The third kappa shape index (κ3) is 4.87. The SMILES string of the molecule is Cc1nc2cc(CCC(=O)NC(Cc3ccccc3)C(=O)O)ccc2n(C)c1=O. The summed E-state index contributed by atoms with van der Waals surface area (Å²) >= 11 is 0. The molecular formula is C22H23N3O4. The van der Waals surface area contributed by atoms with E-state index in [4.69, 9.17) is 0 Å². The summed E-state index contributed by atoms with van der Waals surface area (Å²) in [5.41, 5.74) is 3.44. The number of carbonyl (C=O) groups is 2. The first-order valence-electron chi connectivity index (χ1n) is 9.37. The van der Waals surface area contributed by atoms with E-state index in [1.54, 1.807) is 18.5 Å². The first-order chi connectivity index (χ1) is 13.8. The summed E-state index contributed by atoms with van der Waals surface area (Å²) in [6.07, 6.45) is 0.840. The predicted octanol–water partition coefficient (Wildman–Crippen LogP) is 1.99. The molecule has 150 valence electrons. The largest absolute Gasteiger partial charge is 0.480 e. The van der Waals surface area contributed by atoms with Crippen LogP contribution in [0.1, 0.15) is 23.2 Å². The predicted molar refractivity (Wildman–Crippen MR) is 110 cm³/mol. The van der Waals surface area contributed by atoms with Crippen LogP contribution in [-0.4, -0.2) is 32.6 Å². The van der Waals surface area contributed by atoms with Crippen molar-refractivity contribution in [1.29, 1.82) is 0 Å². The number of hydrogen-bond donors (Lipinski definition) is 2. The van der Waals surface area contributed by atoms with E-state index in [1.807, 2.05) is 48.5 Å². The Kier molecular flexibility index (Phi) is 6.07. The first kappa shape index (κ1) is 20.3. The number of fused-ring (bicyclic) bond motifs is 1. The van der Waals surface area contributed by atoms with Crippen molar-refractivity contribution in [2.45, 2.75) is 32.2 Å². The van der Waals surface area contributed by atoms with Gasteiger partial charge >= 0.3 is 5.97 Å². The van der Waals surface area contributed by atoms with Crippen molar-refractivity contribution < 1.29 is 14.7 Å². The summed E-state index contributed by atoms with van der Waals surface area (Å²) in [5, 5.41) is 12.0. The highest BCUT2D eigenvalue weighted by Gasteiger charge is 2.20. The van der Waals surface area contributed by atoms with Gasteiger partial charge in [0.15, 0.2) is 0 Å². The van der Waals surface area contributed by atoms with Gasteiger partial charge in [0.2, 0.25) is 5.91 Å². The molecule has 0 aliphatic carbocycles. The Hall–Kier alpha value is -3.48. The van der Waals surface area contributed by atoms with E-state index in [1.165, 1.54) is 0 Å². The molecular weight excluding hydrogens is 370 g/mol. The maximum absolute atomic E-state index is 12.3. The highest BCUT2D eigenvalue weighted by Crippen LogP contribution is 2.14. The number of carboxylic acid groups (broad SMARTS) is 1. The van der Waals surface area contributed by atoms with Crippen LogP contribution >= 0.6 is 0 Å². The normalized spacial score (nSPS) is 11.9. The van der Waals surface area contributed by atoms with Gasteiger partial charge in [0, 0.05) is 19.9 Å². The molecule has 0 aliphatic heterocycles. The number of benzene rings is 2. The average Bonchev–Trinajstić information content (AvgIpc) is 2.70. The summed E-state index contributed by atoms with van der Waals surface area (Å²) in [6.45, 7) is 1.67. The van der Waals surface area contributed by atoms with Gasteiger partial charge in [0.05, 0.1) is 11.0 Å². The lowest BCUT2D eigenvalue weighted by molar-refractivity contribution is -0.141. The number of nitrogens with one attached hydrogen (secondary N) is 1. The number of carbonyl (C=O) groups excluding carboxylic acids is 1. The molecule has 0 aliphatic rings. The van der Waals surface area contributed by atoms with Crippen LogP contribution in [0.15, 0.2) is 53.3 Å². The van der Waals surface area contributed by atoms with E-state index < -0.39 is 12.0 Å². The lowest BCUT2D eigenvalue weighted by Crippen LogP contribution is -2.42. The molecule has 2 aromatic carbocycles. The molecule has 2 N–H and O–H groups in total. The number of amides is 1. The Labute approximate surface area is 168 Å². The minimum atomic E-state index is -1.06. The third-order valence-corrected chi connectivity index (χ3v) is 4.86. The van der Waals surface area contributed by atoms with E-state index in [0.717, 1.165) is 16.6 Å². The van der Waals surface area contributed by atoms with Gasteiger partial charge in [-0.1, -0.05) is 36.4 Å². The lowest BCUT2D eigenvalue weighted by atomic mass is 10.0. The zero-order valence-corrected chi connectivity index (χ0v) is 16.4. The highest BCUT2D eigenvalue weighted by molar-refractivity contribution is 5.84. The molecule has 0 spiro atoms. The molecule has 1 amide bonds. The number of aromatic nitrogens is 2. The molecule has 3 rings (SSSR count). The molecule has 0 bridgehead atoms. The van der Waals surface area contributed by atoms with Crippen LogP contribution in [-0.2, 0) is 29.5 Å². The molecule has 3 aromatic rings. The topological polar surface area (TPSA) is 101 Å². The van der Waals surface area contributed by atoms with Gasteiger partial charge in [-0.3, -0.25) is 9.59 Å². The second-order valence-corrected chi connectivity index (χ2v) is 7.03. The Balaban J connectivity index is 1.65. The van der Waals surface area contributed by atoms with E-state index in [-0.39, 0.29) is 24.3 Å². The number of rotatable bonds is 7. The Morgan fingerprint density at radius 2 is 1.86 bits per heavy atom. The van der Waals surface area contributed by atoms with Gasteiger partial charge in [-0.15, -0.1) is 0 Å². The number of hydrogen-bond acceptors (Lipinski definition) is 4. The van der Waals surface area contributed by atoms with Crippen LogP contribution < -0.4 is 10.9 Å². The number of carboxylic acids is 1. The van der Waals surface area contributed by atoms with Crippen molar-refractivity contribution in [3.63, 3.8) is 0 Å². The van der Waals surface area contributed by atoms with Crippen molar-refractivity contribution >= 4 is 22.9 Å². The Morgan fingerprint density at radius 1 is 1.14 bits per heavy atom. The maximum Gasteiger partial charge on any atom is 0.326 e. The molecule has 0 radical (unpaired) electrons. The van der Waals surface area contributed by atoms with Crippen molar-refractivity contribution in [3.05, 3.63) is 75.7 Å². The third-order valence-electron chi connectivity index (χ3n) is 4.86. The van der Waals surface area contributed by atoms with Crippen LogP contribution in [0, 0.1) is 6.92 Å². The lowest BCUT2D eigenvalue weighted by Gasteiger charge is -2.15. The maximum atomic E-state index is 12.3. The highest BCUT2D eigenvalue weighted by atomic mass is 16.4. The van der Waals surface area contributed by atoms with Crippen LogP contribution in [0.3, 0.4) is 0 Å². The van der Waals surface area contributed by atoms with Crippen LogP contribution in [0.5, 0.6) is 0 Å². The second-order valence-electron chi connectivity index (χ2n) is 7.03. The molecule has 1 aromatic heterocycles. The van der Waals surface area contributed by atoms with E-state index in [0.29, 0.717) is 17.6 Å². The summed E-state index contributed by atoms with van der Waals surface area (Å²) in [4.78, 5) is 40.1. The van der Waals surface area contributed by atoms with Crippen LogP contribution in [0.4, 0.5) is 0 Å². The van der Waals surface area contributed by atoms with Crippen molar-refractivity contribution in [1.82, 2.24) is 14.9 Å². The van der Waals surface area contributed by atoms with Crippen molar-refractivity contribution in [3.8, 4) is 0 Å². The zero-order valence-electron chi connectivity index (χ0n) is 16.4. The van der Waals surface area contributed by atoms with Gasteiger partial charge in [0.1, 0.15) is 11.7 Å². The fraction of sp³-hybridized carbons (Fsp3) is 0.273. The molecule has 1 heterocycles. The fourth-order valence-electron chi connectivity index (χ4n) is 3.25. The monoisotopic (exact) mass is 393 g/mol. The quantitative estimate of drug-likeness (QED) is 0.639. The van der Waals surface area contributed by atoms with Crippen molar-refractivity contribution in [2.24, 2.45) is 7.05 Å². The molecule has 0 saturated carbocycles. The average molecular weight is 393 g/mol. The van der Waals surface area contributed by atoms with Crippen LogP contribution in [0.25, 0.3) is 11.0 Å². The number of aliphatic carboxylic acids is 1. The standard InChI is InChI=1S/C22H23N3O4/c1-14-21(27)25(2)19-10-8-16(12-17(19)23-14)9-11-20(26)24-18(22(28)29)13-15-6-4-3-5-7-15/h3-8,10,12,18H,9,11,13H2,1-2H3,(H,24,26)(H,28,29). The summed E-state index contributed by atoms with van der Waals surface area (Å²) in [7, 11) is 1.70. The summed E-state index contributed by atoms with van der Waals surface area (Å²) < 4.78 is 1.55. The summed E-state index contributed by atoms with van der Waals surface area (Å²) in [5.74, 6) is -1.38. The molecule has 29 heavy (non-hydrogen) atoms. The van der Waals surface area contributed by atoms with E-state index >= 15 is 0 Å². The minimum absolute atomic E-state index is 0.136. The smallest absolute Gasteiger partial charge is 0.326 e. The van der Waals surface area contributed by atoms with E-state index in [2.05, 4.69) is 10.3 Å². The first-order valence-corrected chi connectivity index (χ1v) is 9.37. The molecule has 7 heteroatoms. The second kappa shape index (κ2) is 8.68. The van der Waals surface area contributed by atoms with Gasteiger partial charge in [-0.2, -0.15) is 0 Å². The van der Waals surface area contributed by atoms with Gasteiger partial charge in [-0.25, -0.2) is 9.78 Å². The van der Waals surface area contributed by atoms with Crippen LogP contribution in [0.2, 0.25) is 0 Å². The Bertz CT molecular complexity index is 1110. The van der Waals surface area contributed by atoms with Gasteiger partial charge in [0.25, 0.3) is 5.56 Å². The molecule has 7 nitrogen and oxygen atoms in total. The fourth-order valence-corrected chi connectivity index (χ4v) is 3.25. The molecule has 0 fully saturated rings. The molecule has 0 saturated heterocycles. The van der Waals surface area contributed by atoms with Gasteiger partial charge in [-0.05, 0) is 36.6 Å². The molecule has 1 atom stereocenters. The number of aryl methyl sites for hydroxylation is 3. The van der Waals surface area contributed by atoms with E-state index in [9.17, 15) is 19.5 Å². The minimum Gasteiger partial charge on any atom is -0.480 e. The molecule has 1 unspecified atom stereocenters. The summed E-state index contributed by atoms with van der Waals surface area (Å²) in [6, 6.07) is 13.7. The Morgan fingerprint density at radius 3 is 2.55 bits per heavy atom. The number of nitrogens with zero attached hydrogens (tertiary/aromatic N) is 2. The zero-order chi connectivity index (χ0) is 21.0. The van der Waals surface area contributed by atoms with Gasteiger partial charge < -0.3 is 15.0 Å². The van der Waals surface area contributed by atoms with Crippen molar-refractivity contribution in [2.75, 3.05) is 0 Å².